The van der Waals surface area contributed by atoms with Gasteiger partial charge in [0, 0.05) is 10.9 Å². The lowest BCUT2D eigenvalue weighted by atomic mass is 10.1. The monoisotopic (exact) mass is 290 g/mol. The lowest BCUT2D eigenvalue weighted by Crippen LogP contribution is -2.21. The van der Waals surface area contributed by atoms with Crippen LogP contribution in [0.2, 0.25) is 0 Å². The molecule has 0 aliphatic rings. The van der Waals surface area contributed by atoms with Gasteiger partial charge in [-0.05, 0) is 45.4 Å². The number of thiazole rings is 1. The van der Waals surface area contributed by atoms with Crippen LogP contribution in [0.3, 0.4) is 0 Å². The van der Waals surface area contributed by atoms with Gasteiger partial charge in [-0.25, -0.2) is 4.98 Å². The van der Waals surface area contributed by atoms with Crippen LogP contribution in [-0.4, -0.2) is 18.6 Å². The molecule has 0 saturated heterocycles. The van der Waals surface area contributed by atoms with Crippen molar-refractivity contribution in [3.8, 4) is 5.75 Å². The third-order valence-electron chi connectivity index (χ3n) is 3.37. The first-order valence-corrected chi connectivity index (χ1v) is 7.72. The summed E-state index contributed by atoms with van der Waals surface area (Å²) in [6, 6.07) is 8.53. The van der Waals surface area contributed by atoms with E-state index >= 15 is 0 Å². The highest BCUT2D eigenvalue weighted by Crippen LogP contribution is 2.24. The van der Waals surface area contributed by atoms with Crippen LogP contribution in [0.5, 0.6) is 5.75 Å². The molecule has 1 unspecified atom stereocenters. The first-order chi connectivity index (χ1) is 9.61. The number of nitrogens with zero attached hydrogens (tertiary/aromatic N) is 1. The van der Waals surface area contributed by atoms with Gasteiger partial charge in [0.05, 0.1) is 17.8 Å². The predicted molar refractivity (Wildman–Crippen MR) is 84.7 cm³/mol. The molecular formula is C16H22N2OS. The molecule has 0 bridgehead atoms. The number of ether oxygens (including phenoxy) is 1. The fourth-order valence-corrected chi connectivity index (χ4v) is 3.33. The third kappa shape index (κ3) is 3.58. The predicted octanol–water partition coefficient (Wildman–Crippen LogP) is 3.66. The molecular weight excluding hydrogens is 268 g/mol. The van der Waals surface area contributed by atoms with Gasteiger partial charge in [0.2, 0.25) is 0 Å². The van der Waals surface area contributed by atoms with E-state index in [1.807, 2.05) is 12.1 Å². The van der Waals surface area contributed by atoms with Gasteiger partial charge in [0.15, 0.2) is 0 Å². The number of hydrogen-bond acceptors (Lipinski definition) is 4. The molecule has 20 heavy (non-hydrogen) atoms. The van der Waals surface area contributed by atoms with Crippen molar-refractivity contribution >= 4 is 11.3 Å². The maximum absolute atomic E-state index is 5.37. The SMILES string of the molecule is COc1ccccc1CCNC(C)c1sc(C)nc1C. The van der Waals surface area contributed by atoms with Crippen LogP contribution in [0.4, 0.5) is 0 Å². The normalized spacial score (nSPS) is 12.4. The number of aryl methyl sites for hydroxylation is 2. The van der Waals surface area contributed by atoms with Crippen LogP contribution in [0.1, 0.15) is 34.1 Å². The van der Waals surface area contributed by atoms with E-state index in [0.29, 0.717) is 6.04 Å². The summed E-state index contributed by atoms with van der Waals surface area (Å²) in [5.41, 5.74) is 2.39. The van der Waals surface area contributed by atoms with Gasteiger partial charge >= 0.3 is 0 Å². The van der Waals surface area contributed by atoms with E-state index in [1.54, 1.807) is 18.4 Å². The van der Waals surface area contributed by atoms with Crippen molar-refractivity contribution in [1.29, 1.82) is 0 Å². The Bertz CT molecular complexity index is 565. The second-order valence-electron chi connectivity index (χ2n) is 4.92. The smallest absolute Gasteiger partial charge is 0.122 e. The highest BCUT2D eigenvalue weighted by Gasteiger charge is 2.12. The average molecular weight is 290 g/mol. The molecule has 1 atom stereocenters. The minimum absolute atomic E-state index is 0.343. The quantitative estimate of drug-likeness (QED) is 0.881. The van der Waals surface area contributed by atoms with Gasteiger partial charge < -0.3 is 10.1 Å². The summed E-state index contributed by atoms with van der Waals surface area (Å²) in [7, 11) is 1.72. The Morgan fingerprint density at radius 1 is 1.30 bits per heavy atom. The van der Waals surface area contributed by atoms with Crippen molar-refractivity contribution in [2.75, 3.05) is 13.7 Å². The summed E-state index contributed by atoms with van der Waals surface area (Å²) in [5, 5.41) is 4.70. The zero-order chi connectivity index (χ0) is 14.5. The van der Waals surface area contributed by atoms with Crippen molar-refractivity contribution in [2.45, 2.75) is 33.2 Å². The molecule has 0 fully saturated rings. The van der Waals surface area contributed by atoms with Gasteiger partial charge in [-0.15, -0.1) is 11.3 Å². The van der Waals surface area contributed by atoms with Crippen LogP contribution < -0.4 is 10.1 Å². The van der Waals surface area contributed by atoms with E-state index < -0.39 is 0 Å². The topological polar surface area (TPSA) is 34.1 Å². The fraction of sp³-hybridized carbons (Fsp3) is 0.438. The molecule has 0 spiro atoms. The summed E-state index contributed by atoms with van der Waals surface area (Å²) >= 11 is 1.78. The summed E-state index contributed by atoms with van der Waals surface area (Å²) in [6.07, 6.45) is 0.963. The minimum Gasteiger partial charge on any atom is -0.496 e. The van der Waals surface area contributed by atoms with Crippen LogP contribution in [0.15, 0.2) is 24.3 Å². The zero-order valence-corrected chi connectivity index (χ0v) is 13.4. The maximum Gasteiger partial charge on any atom is 0.122 e. The average Bonchev–Trinajstić information content (AvgIpc) is 2.78. The van der Waals surface area contributed by atoms with Crippen molar-refractivity contribution < 1.29 is 4.74 Å². The lowest BCUT2D eigenvalue weighted by molar-refractivity contribution is 0.408. The fourth-order valence-electron chi connectivity index (χ4n) is 2.37. The second kappa shape index (κ2) is 6.86. The molecule has 2 aromatic rings. The molecule has 3 nitrogen and oxygen atoms in total. The maximum atomic E-state index is 5.37. The number of aromatic nitrogens is 1. The van der Waals surface area contributed by atoms with Gasteiger partial charge in [-0.1, -0.05) is 18.2 Å². The van der Waals surface area contributed by atoms with E-state index in [2.05, 4.69) is 43.2 Å². The van der Waals surface area contributed by atoms with E-state index in [4.69, 9.17) is 4.74 Å². The van der Waals surface area contributed by atoms with Crippen molar-refractivity contribution in [1.82, 2.24) is 10.3 Å². The summed E-state index contributed by atoms with van der Waals surface area (Å²) in [6.45, 7) is 7.26. The Balaban J connectivity index is 1.91. The number of rotatable bonds is 6. The molecule has 0 aliphatic heterocycles. The molecule has 1 heterocycles. The number of hydrogen-bond donors (Lipinski definition) is 1. The van der Waals surface area contributed by atoms with Gasteiger partial charge in [-0.3, -0.25) is 0 Å². The van der Waals surface area contributed by atoms with Crippen LogP contribution in [-0.2, 0) is 6.42 Å². The molecule has 2 rings (SSSR count). The summed E-state index contributed by atoms with van der Waals surface area (Å²) < 4.78 is 5.37. The molecule has 1 aromatic heterocycles. The largest absolute Gasteiger partial charge is 0.496 e. The molecule has 0 radical (unpaired) electrons. The Kier molecular flexibility index (Phi) is 5.15. The first-order valence-electron chi connectivity index (χ1n) is 6.91. The Morgan fingerprint density at radius 2 is 2.05 bits per heavy atom. The molecule has 0 amide bonds. The number of benzene rings is 1. The minimum atomic E-state index is 0.343. The lowest BCUT2D eigenvalue weighted by Gasteiger charge is -2.14. The first kappa shape index (κ1) is 15.0. The van der Waals surface area contributed by atoms with Crippen molar-refractivity contribution in [3.05, 3.63) is 45.4 Å². The highest BCUT2D eigenvalue weighted by atomic mass is 32.1. The van der Waals surface area contributed by atoms with Crippen LogP contribution >= 0.6 is 11.3 Å². The van der Waals surface area contributed by atoms with E-state index in [-0.39, 0.29) is 0 Å². The van der Waals surface area contributed by atoms with Crippen LogP contribution in [0.25, 0.3) is 0 Å². The Morgan fingerprint density at radius 3 is 2.70 bits per heavy atom. The van der Waals surface area contributed by atoms with E-state index in [0.717, 1.165) is 29.4 Å². The van der Waals surface area contributed by atoms with Gasteiger partial charge in [0.25, 0.3) is 0 Å². The molecule has 1 N–H and O–H groups in total. The van der Waals surface area contributed by atoms with E-state index in [1.165, 1.54) is 10.4 Å². The number of methoxy groups -OCH3 is 1. The molecule has 108 valence electrons. The summed E-state index contributed by atoms with van der Waals surface area (Å²) in [4.78, 5) is 5.82. The molecule has 0 saturated carbocycles. The summed E-state index contributed by atoms with van der Waals surface area (Å²) in [5.74, 6) is 0.965. The van der Waals surface area contributed by atoms with Crippen LogP contribution in [0, 0.1) is 13.8 Å². The zero-order valence-electron chi connectivity index (χ0n) is 12.6. The van der Waals surface area contributed by atoms with Crippen molar-refractivity contribution in [2.24, 2.45) is 0 Å². The van der Waals surface area contributed by atoms with Gasteiger partial charge in [0.1, 0.15) is 5.75 Å². The highest BCUT2D eigenvalue weighted by molar-refractivity contribution is 7.11. The molecule has 0 aliphatic carbocycles. The molecule has 1 aromatic carbocycles. The van der Waals surface area contributed by atoms with Crippen molar-refractivity contribution in [3.63, 3.8) is 0 Å². The Labute approximate surface area is 125 Å². The number of para-hydroxylation sites is 1. The number of nitrogens with one attached hydrogen (secondary N) is 1. The third-order valence-corrected chi connectivity index (χ3v) is 4.63. The second-order valence-corrected chi connectivity index (χ2v) is 6.15. The molecule has 4 heteroatoms. The van der Waals surface area contributed by atoms with Gasteiger partial charge in [-0.2, -0.15) is 0 Å². The standard InChI is InChI=1S/C16H22N2OS/c1-11(16-12(2)18-13(3)20-16)17-10-9-14-7-5-6-8-15(14)19-4/h5-8,11,17H,9-10H2,1-4H3. The Hall–Kier alpha value is -1.39. The van der Waals surface area contributed by atoms with E-state index in [9.17, 15) is 0 Å².